The van der Waals surface area contributed by atoms with Crippen LogP contribution in [-0.2, 0) is 4.74 Å². The number of ether oxygens (including phenoxy) is 1. The van der Waals surface area contributed by atoms with E-state index in [9.17, 15) is 9.59 Å². The Labute approximate surface area is 104 Å². The highest BCUT2D eigenvalue weighted by atomic mass is 16.5. The minimum Gasteiger partial charge on any atom is -0.491 e. The molecule has 0 bridgehead atoms. The van der Waals surface area contributed by atoms with E-state index in [0.717, 1.165) is 13.1 Å². The van der Waals surface area contributed by atoms with Gasteiger partial charge in [-0.05, 0) is 19.1 Å². The average Bonchev–Trinajstić information content (AvgIpc) is 3.17. The molecule has 92 valence electrons. The molecule has 2 heterocycles. The third-order valence-electron chi connectivity index (χ3n) is 3.10. The Bertz CT molecular complexity index is 600. The fraction of sp³-hybridized carbons (Fsp3) is 0.308. The number of nitrogens with zero attached hydrogens (tertiary/aromatic N) is 2. The van der Waals surface area contributed by atoms with Crippen LogP contribution < -0.4 is 0 Å². The van der Waals surface area contributed by atoms with Gasteiger partial charge in [0.25, 0.3) is 0 Å². The van der Waals surface area contributed by atoms with Crippen LogP contribution in [-0.4, -0.2) is 41.6 Å². The quantitative estimate of drug-likeness (QED) is 0.725. The summed E-state index contributed by atoms with van der Waals surface area (Å²) in [4.78, 5) is 30.6. The third kappa shape index (κ3) is 1.44. The van der Waals surface area contributed by atoms with Crippen molar-refractivity contribution >= 4 is 11.6 Å². The molecule has 1 aliphatic heterocycles. The number of aromatic nitrogens is 1. The summed E-state index contributed by atoms with van der Waals surface area (Å²) in [7, 11) is 1.41. The molecule has 0 spiro atoms. The van der Waals surface area contributed by atoms with Gasteiger partial charge in [-0.1, -0.05) is 0 Å². The van der Waals surface area contributed by atoms with Crippen LogP contribution in [0.15, 0.2) is 23.6 Å². The van der Waals surface area contributed by atoms with Crippen LogP contribution in [0, 0.1) is 6.92 Å². The van der Waals surface area contributed by atoms with Crippen molar-refractivity contribution in [3.8, 4) is 0 Å². The number of hydrogen-bond donors (Lipinski definition) is 0. The van der Waals surface area contributed by atoms with Crippen LogP contribution in [0.5, 0.6) is 0 Å². The van der Waals surface area contributed by atoms with E-state index in [4.69, 9.17) is 4.74 Å². The standard InChI is InChI=1S/C13H12N2O3/c1-7-3-4-8-9(14-7)12(17)13(18-2)10(11(8)16)15-5-6-15/h3-4H,5-6H2,1-2H3. The van der Waals surface area contributed by atoms with E-state index in [1.165, 1.54) is 7.11 Å². The minimum atomic E-state index is -0.308. The van der Waals surface area contributed by atoms with Crippen molar-refractivity contribution in [2.24, 2.45) is 0 Å². The summed E-state index contributed by atoms with van der Waals surface area (Å²) in [5.74, 6) is -0.368. The van der Waals surface area contributed by atoms with Gasteiger partial charge in [0.15, 0.2) is 5.76 Å². The van der Waals surface area contributed by atoms with Crippen LogP contribution in [0.1, 0.15) is 26.5 Å². The zero-order chi connectivity index (χ0) is 12.9. The van der Waals surface area contributed by atoms with Crippen molar-refractivity contribution in [1.82, 2.24) is 9.88 Å². The molecular formula is C13H12N2O3. The minimum absolute atomic E-state index is 0.114. The first-order valence-corrected chi connectivity index (χ1v) is 5.73. The van der Waals surface area contributed by atoms with E-state index in [1.807, 2.05) is 4.90 Å². The van der Waals surface area contributed by atoms with E-state index in [-0.39, 0.29) is 23.0 Å². The molecule has 1 saturated heterocycles. The number of allylic oxidation sites excluding steroid dienone is 2. The summed E-state index contributed by atoms with van der Waals surface area (Å²) < 4.78 is 5.11. The van der Waals surface area contributed by atoms with Crippen molar-refractivity contribution in [3.05, 3.63) is 40.5 Å². The molecule has 5 nitrogen and oxygen atoms in total. The predicted octanol–water partition coefficient (Wildman–Crippen LogP) is 0.943. The number of aryl methyl sites for hydroxylation is 1. The van der Waals surface area contributed by atoms with Gasteiger partial charge in [-0.15, -0.1) is 0 Å². The number of carbonyl (C=O) groups excluding carboxylic acids is 2. The van der Waals surface area contributed by atoms with Gasteiger partial charge < -0.3 is 9.64 Å². The number of pyridine rings is 1. The van der Waals surface area contributed by atoms with E-state index in [1.54, 1.807) is 19.1 Å². The molecule has 1 fully saturated rings. The second kappa shape index (κ2) is 3.66. The summed E-state index contributed by atoms with van der Waals surface area (Å²) in [5, 5.41) is 0. The van der Waals surface area contributed by atoms with Crippen molar-refractivity contribution in [2.75, 3.05) is 20.2 Å². The largest absolute Gasteiger partial charge is 0.491 e. The molecule has 1 aromatic heterocycles. The number of rotatable bonds is 2. The number of hydrogen-bond acceptors (Lipinski definition) is 5. The molecular weight excluding hydrogens is 232 g/mol. The molecule has 0 aromatic carbocycles. The van der Waals surface area contributed by atoms with E-state index >= 15 is 0 Å². The lowest BCUT2D eigenvalue weighted by Gasteiger charge is -2.20. The second-order valence-electron chi connectivity index (χ2n) is 4.38. The molecule has 0 N–H and O–H groups in total. The molecule has 0 saturated carbocycles. The Morgan fingerprint density at radius 3 is 2.56 bits per heavy atom. The van der Waals surface area contributed by atoms with Gasteiger partial charge in [0, 0.05) is 18.8 Å². The maximum absolute atomic E-state index is 12.4. The maximum atomic E-state index is 12.4. The lowest BCUT2D eigenvalue weighted by Crippen LogP contribution is -2.28. The Kier molecular flexibility index (Phi) is 2.23. The summed E-state index contributed by atoms with van der Waals surface area (Å²) in [6.07, 6.45) is 0. The lowest BCUT2D eigenvalue weighted by molar-refractivity contribution is 0.0885. The lowest BCUT2D eigenvalue weighted by atomic mass is 9.95. The number of fused-ring (bicyclic) bond motifs is 1. The number of Topliss-reactive ketones (excluding diaryl/α,β-unsaturated/α-hetero) is 2. The predicted molar refractivity (Wildman–Crippen MR) is 63.2 cm³/mol. The number of carbonyl (C=O) groups is 2. The van der Waals surface area contributed by atoms with Crippen molar-refractivity contribution < 1.29 is 14.3 Å². The zero-order valence-electron chi connectivity index (χ0n) is 10.2. The number of methoxy groups -OCH3 is 1. The van der Waals surface area contributed by atoms with Gasteiger partial charge in [0.1, 0.15) is 11.4 Å². The normalized spacial score (nSPS) is 18.0. The van der Waals surface area contributed by atoms with Crippen LogP contribution in [0.3, 0.4) is 0 Å². The average molecular weight is 244 g/mol. The molecule has 2 aliphatic rings. The molecule has 1 aromatic rings. The summed E-state index contributed by atoms with van der Waals surface area (Å²) in [6.45, 7) is 3.36. The Hall–Kier alpha value is -2.17. The van der Waals surface area contributed by atoms with E-state index in [0.29, 0.717) is 17.0 Å². The zero-order valence-corrected chi connectivity index (χ0v) is 10.2. The summed E-state index contributed by atoms with van der Waals surface area (Å²) in [6, 6.07) is 3.40. The van der Waals surface area contributed by atoms with Crippen molar-refractivity contribution in [3.63, 3.8) is 0 Å². The van der Waals surface area contributed by atoms with E-state index in [2.05, 4.69) is 4.98 Å². The Balaban J connectivity index is 2.21. The molecule has 0 radical (unpaired) electrons. The summed E-state index contributed by atoms with van der Waals surface area (Å²) in [5.41, 5.74) is 1.65. The first-order valence-electron chi connectivity index (χ1n) is 5.73. The SMILES string of the molecule is COC1=C(N2CC2)C(=O)c2ccc(C)nc2C1=O. The fourth-order valence-electron chi connectivity index (χ4n) is 2.11. The second-order valence-corrected chi connectivity index (χ2v) is 4.38. The van der Waals surface area contributed by atoms with Gasteiger partial charge in [0.05, 0.1) is 12.7 Å². The van der Waals surface area contributed by atoms with Crippen LogP contribution in [0.4, 0.5) is 0 Å². The van der Waals surface area contributed by atoms with Gasteiger partial charge in [-0.2, -0.15) is 0 Å². The smallest absolute Gasteiger partial charge is 0.248 e. The highest BCUT2D eigenvalue weighted by molar-refractivity contribution is 6.25. The molecule has 5 heteroatoms. The molecule has 0 unspecified atom stereocenters. The van der Waals surface area contributed by atoms with E-state index < -0.39 is 0 Å². The van der Waals surface area contributed by atoms with Gasteiger partial charge in [-0.25, -0.2) is 4.98 Å². The third-order valence-corrected chi connectivity index (χ3v) is 3.10. The van der Waals surface area contributed by atoms with Crippen LogP contribution in [0.25, 0.3) is 0 Å². The molecule has 3 rings (SSSR count). The van der Waals surface area contributed by atoms with Gasteiger partial charge >= 0.3 is 0 Å². The monoisotopic (exact) mass is 244 g/mol. The fourth-order valence-corrected chi connectivity index (χ4v) is 2.11. The molecule has 0 amide bonds. The number of ketones is 2. The first-order chi connectivity index (χ1) is 8.63. The molecule has 1 aliphatic carbocycles. The van der Waals surface area contributed by atoms with Crippen molar-refractivity contribution in [2.45, 2.75) is 6.92 Å². The topological polar surface area (TPSA) is 59.3 Å². The van der Waals surface area contributed by atoms with Crippen molar-refractivity contribution in [1.29, 1.82) is 0 Å². The first kappa shape index (κ1) is 11.0. The Morgan fingerprint density at radius 1 is 1.22 bits per heavy atom. The van der Waals surface area contributed by atoms with Gasteiger partial charge in [-0.3, -0.25) is 9.59 Å². The highest BCUT2D eigenvalue weighted by Crippen LogP contribution is 2.30. The van der Waals surface area contributed by atoms with Crippen LogP contribution in [0.2, 0.25) is 0 Å². The Morgan fingerprint density at radius 2 is 1.94 bits per heavy atom. The molecule has 18 heavy (non-hydrogen) atoms. The maximum Gasteiger partial charge on any atom is 0.248 e. The molecule has 0 atom stereocenters. The van der Waals surface area contributed by atoms with Gasteiger partial charge in [0.2, 0.25) is 11.6 Å². The summed E-state index contributed by atoms with van der Waals surface area (Å²) >= 11 is 0. The van der Waals surface area contributed by atoms with Crippen LogP contribution >= 0.6 is 0 Å². The highest BCUT2D eigenvalue weighted by Gasteiger charge is 2.40.